The van der Waals surface area contributed by atoms with Crippen LogP contribution in [0.25, 0.3) is 0 Å². The van der Waals surface area contributed by atoms with Gasteiger partial charge in [0, 0.05) is 70.8 Å². The molecule has 0 bridgehead atoms. The standard InChI is InChI=1S/C22H31N7O4S/c1-15(30)29-11-5-6-18(14-29)28(4)20-12-21(24-13-19(20)22(23)31)25-16-7-9-17(10-8-16)26-34(32,33)27(2)3/h7-10,12-13,18,26H,5-6,11,14H2,1-4H3,(H2,23,31)(H,24,25)/t18-/m1/s1. The summed E-state index contributed by atoms with van der Waals surface area (Å²) in [5.74, 6) is -0.0630. The van der Waals surface area contributed by atoms with Gasteiger partial charge in [-0.2, -0.15) is 12.7 Å². The van der Waals surface area contributed by atoms with E-state index in [1.807, 2.05) is 11.9 Å². The summed E-state index contributed by atoms with van der Waals surface area (Å²) in [6, 6.07) is 8.48. The van der Waals surface area contributed by atoms with Gasteiger partial charge in [-0.05, 0) is 37.1 Å². The van der Waals surface area contributed by atoms with Crippen LogP contribution in [0.3, 0.4) is 0 Å². The maximum absolute atomic E-state index is 12.1. The van der Waals surface area contributed by atoms with Crippen molar-refractivity contribution in [2.24, 2.45) is 5.73 Å². The zero-order valence-corrected chi connectivity index (χ0v) is 20.6. The lowest BCUT2D eigenvalue weighted by Gasteiger charge is -2.38. The number of nitrogens with one attached hydrogen (secondary N) is 2. The summed E-state index contributed by atoms with van der Waals surface area (Å²) in [5, 5.41) is 3.17. The van der Waals surface area contributed by atoms with Crippen molar-refractivity contribution in [2.45, 2.75) is 25.8 Å². The van der Waals surface area contributed by atoms with Crippen molar-refractivity contribution in [1.82, 2.24) is 14.2 Å². The highest BCUT2D eigenvalue weighted by atomic mass is 32.2. The van der Waals surface area contributed by atoms with E-state index < -0.39 is 16.1 Å². The van der Waals surface area contributed by atoms with Gasteiger partial charge in [-0.15, -0.1) is 0 Å². The maximum atomic E-state index is 12.1. The molecule has 0 radical (unpaired) electrons. The van der Waals surface area contributed by atoms with Crippen molar-refractivity contribution in [2.75, 3.05) is 49.2 Å². The number of nitrogens with zero attached hydrogens (tertiary/aromatic N) is 4. The first-order chi connectivity index (χ1) is 16.0. The fourth-order valence-corrected chi connectivity index (χ4v) is 4.37. The van der Waals surface area contributed by atoms with Gasteiger partial charge in [-0.3, -0.25) is 14.3 Å². The lowest BCUT2D eigenvalue weighted by Crippen LogP contribution is -2.48. The number of nitrogens with two attached hydrogens (primary N) is 1. The van der Waals surface area contributed by atoms with Gasteiger partial charge in [-0.1, -0.05) is 0 Å². The molecule has 2 amide bonds. The van der Waals surface area contributed by atoms with Crippen LogP contribution in [0.15, 0.2) is 36.5 Å². The monoisotopic (exact) mass is 489 g/mol. The minimum absolute atomic E-state index is 0.0293. The van der Waals surface area contributed by atoms with E-state index in [9.17, 15) is 18.0 Å². The van der Waals surface area contributed by atoms with Crippen molar-refractivity contribution >= 4 is 44.9 Å². The Morgan fingerprint density at radius 2 is 1.79 bits per heavy atom. The van der Waals surface area contributed by atoms with Gasteiger partial charge in [-0.25, -0.2) is 4.98 Å². The van der Waals surface area contributed by atoms with Crippen LogP contribution in [0, 0.1) is 0 Å². The fraction of sp³-hybridized carbons (Fsp3) is 0.409. The van der Waals surface area contributed by atoms with Gasteiger partial charge in [0.25, 0.3) is 5.91 Å². The van der Waals surface area contributed by atoms with Gasteiger partial charge in [0.15, 0.2) is 0 Å². The number of rotatable bonds is 8. The number of carbonyl (C=O) groups excluding carboxylic acids is 2. The van der Waals surface area contributed by atoms with Crippen molar-refractivity contribution < 1.29 is 18.0 Å². The van der Waals surface area contributed by atoms with Crippen LogP contribution < -0.4 is 20.7 Å². The van der Waals surface area contributed by atoms with E-state index in [0.29, 0.717) is 35.0 Å². The van der Waals surface area contributed by atoms with Crippen molar-refractivity contribution in [1.29, 1.82) is 0 Å². The van der Waals surface area contributed by atoms with E-state index in [0.717, 1.165) is 23.7 Å². The topological polar surface area (TPSA) is 141 Å². The second kappa shape index (κ2) is 10.3. The Labute approximate surface area is 200 Å². The van der Waals surface area contributed by atoms with Gasteiger partial charge in [0.2, 0.25) is 5.91 Å². The predicted octanol–water partition coefficient (Wildman–Crippen LogP) is 1.59. The number of pyridine rings is 1. The summed E-state index contributed by atoms with van der Waals surface area (Å²) in [4.78, 5) is 32.0. The summed E-state index contributed by atoms with van der Waals surface area (Å²) >= 11 is 0. The first-order valence-corrected chi connectivity index (χ1v) is 12.3. The first kappa shape index (κ1) is 25.2. The van der Waals surface area contributed by atoms with Crippen LogP contribution in [0.5, 0.6) is 0 Å². The molecule has 3 rings (SSSR count). The summed E-state index contributed by atoms with van der Waals surface area (Å²) in [6.45, 7) is 2.86. The summed E-state index contributed by atoms with van der Waals surface area (Å²) in [6.07, 6.45) is 3.19. The Balaban J connectivity index is 1.81. The molecular weight excluding hydrogens is 458 g/mol. The number of anilines is 4. The average molecular weight is 490 g/mol. The fourth-order valence-electron chi connectivity index (χ4n) is 3.76. The second-order valence-corrected chi connectivity index (χ2v) is 10.3. The number of aromatic nitrogens is 1. The molecule has 2 heterocycles. The molecule has 1 atom stereocenters. The number of likely N-dealkylation sites (tertiary alicyclic amines) is 1. The molecule has 0 unspecified atom stereocenters. The summed E-state index contributed by atoms with van der Waals surface area (Å²) < 4.78 is 27.5. The number of benzene rings is 1. The summed E-state index contributed by atoms with van der Waals surface area (Å²) in [5.41, 5.74) is 7.61. The lowest BCUT2D eigenvalue weighted by molar-refractivity contribution is -0.129. The molecule has 12 heteroatoms. The molecule has 2 aromatic rings. The third kappa shape index (κ3) is 5.94. The molecular formula is C22H31N7O4S. The van der Waals surface area contributed by atoms with Gasteiger partial charge >= 0.3 is 10.2 Å². The minimum Gasteiger partial charge on any atom is -0.369 e. The quantitative estimate of drug-likeness (QED) is 0.511. The van der Waals surface area contributed by atoms with Crippen LogP contribution >= 0.6 is 0 Å². The Hall–Kier alpha value is -3.38. The highest BCUT2D eigenvalue weighted by Crippen LogP contribution is 2.28. The molecule has 1 aromatic heterocycles. The van der Waals surface area contributed by atoms with E-state index in [2.05, 4.69) is 15.0 Å². The first-order valence-electron chi connectivity index (χ1n) is 10.8. The third-order valence-electron chi connectivity index (χ3n) is 5.80. The zero-order chi connectivity index (χ0) is 25.0. The second-order valence-electron chi connectivity index (χ2n) is 8.41. The molecule has 4 N–H and O–H groups in total. The Morgan fingerprint density at radius 3 is 2.38 bits per heavy atom. The molecule has 184 valence electrons. The highest BCUT2D eigenvalue weighted by Gasteiger charge is 2.27. The van der Waals surface area contributed by atoms with Gasteiger partial charge in [0.05, 0.1) is 11.3 Å². The molecule has 1 aromatic carbocycles. The number of primary amides is 1. The number of hydrogen-bond acceptors (Lipinski definition) is 7. The van der Waals surface area contributed by atoms with Gasteiger partial charge < -0.3 is 20.9 Å². The molecule has 0 saturated carbocycles. The minimum atomic E-state index is -3.59. The number of likely N-dealkylation sites (N-methyl/N-ethyl adjacent to an activating group) is 1. The average Bonchev–Trinajstić information content (AvgIpc) is 2.79. The SMILES string of the molecule is CC(=O)N1CCC[C@@H](N(C)c2cc(Nc3ccc(NS(=O)(=O)N(C)C)cc3)ncc2C(N)=O)C1. The number of amides is 2. The third-order valence-corrected chi connectivity index (χ3v) is 7.26. The van der Waals surface area contributed by atoms with Crippen LogP contribution in [-0.4, -0.2) is 74.7 Å². The van der Waals surface area contributed by atoms with Crippen molar-refractivity contribution in [3.63, 3.8) is 0 Å². The Kier molecular flexibility index (Phi) is 7.62. The molecule has 0 spiro atoms. The largest absolute Gasteiger partial charge is 0.369 e. The van der Waals surface area contributed by atoms with E-state index >= 15 is 0 Å². The van der Waals surface area contributed by atoms with Crippen LogP contribution in [0.2, 0.25) is 0 Å². The van der Waals surface area contributed by atoms with E-state index in [1.54, 1.807) is 42.2 Å². The number of piperidine rings is 1. The van der Waals surface area contributed by atoms with E-state index in [1.165, 1.54) is 20.3 Å². The molecule has 34 heavy (non-hydrogen) atoms. The number of hydrogen-bond donors (Lipinski definition) is 3. The molecule has 11 nitrogen and oxygen atoms in total. The van der Waals surface area contributed by atoms with Crippen LogP contribution in [-0.2, 0) is 15.0 Å². The van der Waals surface area contributed by atoms with Gasteiger partial charge in [0.1, 0.15) is 5.82 Å². The molecule has 1 saturated heterocycles. The summed E-state index contributed by atoms with van der Waals surface area (Å²) in [7, 11) is 1.17. The molecule has 0 aliphatic carbocycles. The molecule has 1 fully saturated rings. The van der Waals surface area contributed by atoms with Crippen molar-refractivity contribution in [3.05, 3.63) is 42.1 Å². The predicted molar refractivity (Wildman–Crippen MR) is 132 cm³/mol. The Morgan fingerprint density at radius 1 is 1.15 bits per heavy atom. The molecule has 1 aliphatic rings. The van der Waals surface area contributed by atoms with E-state index in [-0.39, 0.29) is 11.9 Å². The maximum Gasteiger partial charge on any atom is 0.301 e. The van der Waals surface area contributed by atoms with Crippen LogP contribution in [0.1, 0.15) is 30.1 Å². The van der Waals surface area contributed by atoms with Crippen molar-refractivity contribution in [3.8, 4) is 0 Å². The highest BCUT2D eigenvalue weighted by molar-refractivity contribution is 7.90. The molecule has 1 aliphatic heterocycles. The zero-order valence-electron chi connectivity index (χ0n) is 19.8. The smallest absolute Gasteiger partial charge is 0.301 e. The number of carbonyl (C=O) groups is 2. The normalized spacial score (nSPS) is 16.3. The Bertz CT molecular complexity index is 1150. The van der Waals surface area contributed by atoms with E-state index in [4.69, 9.17) is 5.73 Å². The lowest BCUT2D eigenvalue weighted by atomic mass is 10.0. The van der Waals surface area contributed by atoms with Crippen LogP contribution in [0.4, 0.5) is 22.9 Å².